The number of benzene rings is 2. The molecule has 0 saturated carbocycles. The highest BCUT2D eigenvalue weighted by molar-refractivity contribution is 5.97. The Morgan fingerprint density at radius 2 is 1.63 bits per heavy atom. The second-order valence-electron chi connectivity index (χ2n) is 9.04. The fourth-order valence-corrected chi connectivity index (χ4v) is 4.44. The van der Waals surface area contributed by atoms with E-state index in [-0.39, 0.29) is 25.4 Å². The second-order valence-corrected chi connectivity index (χ2v) is 9.04. The Bertz CT molecular complexity index is 1100. The van der Waals surface area contributed by atoms with Gasteiger partial charge in [-0.1, -0.05) is 18.2 Å². The third kappa shape index (κ3) is 7.08. The first-order chi connectivity index (χ1) is 18.5. The highest BCUT2D eigenvalue weighted by atomic mass is 16.7. The zero-order valence-electron chi connectivity index (χ0n) is 21.0. The van der Waals surface area contributed by atoms with Crippen molar-refractivity contribution in [2.45, 2.75) is 31.1 Å². The molecule has 4 amide bonds. The monoisotopic (exact) mass is 524 g/mol. The van der Waals surface area contributed by atoms with Crippen LogP contribution in [-0.4, -0.2) is 80.3 Å². The van der Waals surface area contributed by atoms with Crippen molar-refractivity contribution in [1.82, 2.24) is 20.9 Å². The van der Waals surface area contributed by atoms with Gasteiger partial charge in [-0.15, -0.1) is 0 Å². The van der Waals surface area contributed by atoms with E-state index >= 15 is 0 Å². The highest BCUT2D eigenvalue weighted by Gasteiger charge is 2.52. The number of hydrogen-bond acceptors (Lipinski definition) is 7. The molecule has 2 aliphatic rings. The summed E-state index contributed by atoms with van der Waals surface area (Å²) in [5, 5.41) is 8.06. The summed E-state index contributed by atoms with van der Waals surface area (Å²) in [4.78, 5) is 50.4. The molecule has 0 aromatic heterocycles. The molecule has 0 aliphatic carbocycles. The molecule has 1 spiro atoms. The second kappa shape index (κ2) is 13.0. The Hall–Kier alpha value is -3.96. The topological polar surface area (TPSA) is 135 Å². The number of rotatable bonds is 12. The van der Waals surface area contributed by atoms with Crippen molar-refractivity contribution in [2.75, 3.05) is 39.4 Å². The molecule has 0 bridgehead atoms. The van der Waals surface area contributed by atoms with Crippen LogP contribution in [0.3, 0.4) is 0 Å². The molecule has 11 nitrogen and oxygen atoms in total. The number of carbonyl (C=O) groups is 4. The molecule has 2 aromatic carbocycles. The Kier molecular flexibility index (Phi) is 9.28. The predicted molar refractivity (Wildman–Crippen MR) is 136 cm³/mol. The van der Waals surface area contributed by atoms with Crippen molar-refractivity contribution in [2.24, 2.45) is 0 Å². The Balaban J connectivity index is 1.30. The number of para-hydroxylation sites is 1. The summed E-state index contributed by atoms with van der Waals surface area (Å²) in [7, 11) is 0. The first-order valence-corrected chi connectivity index (χ1v) is 12.6. The summed E-state index contributed by atoms with van der Waals surface area (Å²) in [6.45, 7) is 1.54. The molecule has 38 heavy (non-hydrogen) atoms. The van der Waals surface area contributed by atoms with E-state index in [1.165, 1.54) is 4.90 Å². The standard InChI is InChI=1S/C27H32N4O7/c32-19-28-12-4-5-13-29-26(35)23-16-27(36-14-15-37-27)18-31(23)24(33)17-30-25(34)20-8-10-22(11-9-20)38-21-6-2-1-3-7-21/h1-3,6-11,19,23H,4-5,12-18H2,(H,28,32)(H,29,35)(H,30,34)/t23-/m0/s1. The van der Waals surface area contributed by atoms with E-state index in [1.807, 2.05) is 30.3 Å². The summed E-state index contributed by atoms with van der Waals surface area (Å²) in [5.41, 5.74) is 0.372. The van der Waals surface area contributed by atoms with Gasteiger partial charge in [-0.2, -0.15) is 0 Å². The van der Waals surface area contributed by atoms with Crippen LogP contribution in [0.5, 0.6) is 11.5 Å². The molecule has 202 valence electrons. The summed E-state index contributed by atoms with van der Waals surface area (Å²) in [5.74, 6) is -0.882. The van der Waals surface area contributed by atoms with Gasteiger partial charge in [0.05, 0.1) is 26.3 Å². The molecule has 2 fully saturated rings. The number of amides is 4. The zero-order chi connectivity index (χ0) is 26.8. The number of ether oxygens (including phenoxy) is 3. The van der Waals surface area contributed by atoms with Gasteiger partial charge in [0, 0.05) is 25.1 Å². The fourth-order valence-electron chi connectivity index (χ4n) is 4.44. The molecule has 2 heterocycles. The van der Waals surface area contributed by atoms with E-state index in [1.54, 1.807) is 24.3 Å². The Labute approximate surface area is 220 Å². The third-order valence-electron chi connectivity index (χ3n) is 6.35. The molecule has 0 unspecified atom stereocenters. The summed E-state index contributed by atoms with van der Waals surface area (Å²) in [6, 6.07) is 15.1. The fraction of sp³-hybridized carbons (Fsp3) is 0.407. The minimum atomic E-state index is -1.01. The molecule has 2 aliphatic heterocycles. The Morgan fingerprint density at radius 3 is 2.34 bits per heavy atom. The number of carbonyl (C=O) groups excluding carboxylic acids is 4. The van der Waals surface area contributed by atoms with Gasteiger partial charge in [0.25, 0.3) is 5.91 Å². The Morgan fingerprint density at radius 1 is 0.947 bits per heavy atom. The first kappa shape index (κ1) is 27.1. The summed E-state index contributed by atoms with van der Waals surface area (Å²) >= 11 is 0. The molecule has 3 N–H and O–H groups in total. The van der Waals surface area contributed by atoms with E-state index in [4.69, 9.17) is 14.2 Å². The molecule has 1 atom stereocenters. The van der Waals surface area contributed by atoms with Gasteiger partial charge < -0.3 is 35.1 Å². The van der Waals surface area contributed by atoms with E-state index in [0.29, 0.717) is 62.6 Å². The van der Waals surface area contributed by atoms with Gasteiger partial charge in [-0.3, -0.25) is 19.2 Å². The first-order valence-electron chi connectivity index (χ1n) is 12.6. The number of nitrogens with zero attached hydrogens (tertiary/aromatic N) is 1. The van der Waals surface area contributed by atoms with Gasteiger partial charge in [0.2, 0.25) is 18.2 Å². The van der Waals surface area contributed by atoms with Crippen LogP contribution >= 0.6 is 0 Å². The largest absolute Gasteiger partial charge is 0.457 e. The van der Waals surface area contributed by atoms with Crippen LogP contribution in [0.4, 0.5) is 0 Å². The number of nitrogens with one attached hydrogen (secondary N) is 3. The number of likely N-dealkylation sites (tertiary alicyclic amines) is 1. The molecule has 4 rings (SSSR count). The van der Waals surface area contributed by atoms with Crippen LogP contribution in [0.2, 0.25) is 0 Å². The SMILES string of the molecule is O=CNCCCCNC(=O)[C@@H]1CC2(CN1C(=O)CNC(=O)c1ccc(Oc3ccccc3)cc1)OCCO2. The van der Waals surface area contributed by atoms with Crippen LogP contribution in [-0.2, 0) is 23.9 Å². The van der Waals surface area contributed by atoms with Gasteiger partial charge >= 0.3 is 0 Å². The van der Waals surface area contributed by atoms with Crippen molar-refractivity contribution in [3.05, 3.63) is 60.2 Å². The van der Waals surface area contributed by atoms with Crippen LogP contribution in [0.25, 0.3) is 0 Å². The van der Waals surface area contributed by atoms with Gasteiger partial charge in [-0.05, 0) is 49.2 Å². The van der Waals surface area contributed by atoms with E-state index in [9.17, 15) is 19.2 Å². The van der Waals surface area contributed by atoms with Gasteiger partial charge in [0.1, 0.15) is 17.5 Å². The lowest BCUT2D eigenvalue weighted by Gasteiger charge is -2.24. The van der Waals surface area contributed by atoms with Crippen LogP contribution in [0, 0.1) is 0 Å². The van der Waals surface area contributed by atoms with E-state index in [2.05, 4.69) is 16.0 Å². The van der Waals surface area contributed by atoms with E-state index in [0.717, 1.165) is 0 Å². The normalized spacial score (nSPS) is 17.7. The zero-order valence-corrected chi connectivity index (χ0v) is 21.0. The van der Waals surface area contributed by atoms with Gasteiger partial charge in [-0.25, -0.2) is 0 Å². The predicted octanol–water partition coefficient (Wildman–Crippen LogP) is 1.20. The molecule has 0 radical (unpaired) electrons. The quantitative estimate of drug-likeness (QED) is 0.280. The highest BCUT2D eigenvalue weighted by Crippen LogP contribution is 2.34. The molecule has 2 aromatic rings. The molecular formula is C27H32N4O7. The van der Waals surface area contributed by atoms with Crippen molar-refractivity contribution in [1.29, 1.82) is 0 Å². The number of unbranched alkanes of at least 4 members (excludes halogenated alkanes) is 1. The van der Waals surface area contributed by atoms with E-state index < -0.39 is 23.6 Å². The van der Waals surface area contributed by atoms with Crippen LogP contribution in [0.15, 0.2) is 54.6 Å². The summed E-state index contributed by atoms with van der Waals surface area (Å²) in [6.07, 6.45) is 2.24. The minimum Gasteiger partial charge on any atom is -0.457 e. The molecule has 11 heteroatoms. The lowest BCUT2D eigenvalue weighted by molar-refractivity contribution is -0.152. The lowest BCUT2D eigenvalue weighted by atomic mass is 10.1. The van der Waals surface area contributed by atoms with Crippen molar-refractivity contribution in [3.8, 4) is 11.5 Å². The van der Waals surface area contributed by atoms with Crippen molar-refractivity contribution < 1.29 is 33.4 Å². The van der Waals surface area contributed by atoms with Crippen molar-refractivity contribution >= 4 is 24.1 Å². The maximum atomic E-state index is 13.1. The number of hydrogen-bond donors (Lipinski definition) is 3. The maximum absolute atomic E-state index is 13.1. The average Bonchev–Trinajstić information content (AvgIpc) is 3.56. The van der Waals surface area contributed by atoms with Crippen LogP contribution in [0.1, 0.15) is 29.6 Å². The average molecular weight is 525 g/mol. The molecule has 2 saturated heterocycles. The van der Waals surface area contributed by atoms with Crippen LogP contribution < -0.4 is 20.7 Å². The minimum absolute atomic E-state index is 0.106. The maximum Gasteiger partial charge on any atom is 0.251 e. The molecular weight excluding hydrogens is 492 g/mol. The smallest absolute Gasteiger partial charge is 0.251 e. The van der Waals surface area contributed by atoms with Crippen molar-refractivity contribution in [3.63, 3.8) is 0 Å². The third-order valence-corrected chi connectivity index (χ3v) is 6.35. The van der Waals surface area contributed by atoms with Gasteiger partial charge in [0.15, 0.2) is 5.79 Å². The summed E-state index contributed by atoms with van der Waals surface area (Å²) < 4.78 is 17.2. The lowest BCUT2D eigenvalue weighted by Crippen LogP contribution is -2.49.